The van der Waals surface area contributed by atoms with Gasteiger partial charge in [0.1, 0.15) is 5.82 Å². The molecule has 0 saturated heterocycles. The van der Waals surface area contributed by atoms with Crippen LogP contribution in [0.2, 0.25) is 0 Å². The Morgan fingerprint density at radius 3 is 3.00 bits per heavy atom. The lowest BCUT2D eigenvalue weighted by molar-refractivity contribution is 0.163. The largest absolute Gasteiger partial charge is 0.380 e. The molecule has 23 heavy (non-hydrogen) atoms. The third kappa shape index (κ3) is 2.84. The molecule has 1 saturated carbocycles. The number of fused-ring (bicyclic) bond motifs is 1. The summed E-state index contributed by atoms with van der Waals surface area (Å²) in [5.74, 6) is 2.35. The molecule has 1 fully saturated rings. The van der Waals surface area contributed by atoms with Gasteiger partial charge in [0.2, 0.25) is 0 Å². The molecule has 1 N–H and O–H groups in total. The number of aromatic nitrogens is 3. The number of hydrogen-bond donors (Lipinski definition) is 1. The first-order chi connectivity index (χ1) is 11.3. The van der Waals surface area contributed by atoms with Crippen LogP contribution in [-0.2, 0) is 36.4 Å². The van der Waals surface area contributed by atoms with Gasteiger partial charge in [-0.05, 0) is 49.1 Å². The number of nitrogens with zero attached hydrogens (tertiary/aromatic N) is 3. The summed E-state index contributed by atoms with van der Waals surface area (Å²) in [6, 6.07) is 2.24. The van der Waals surface area contributed by atoms with Crippen LogP contribution in [0.4, 0.5) is 0 Å². The van der Waals surface area contributed by atoms with Gasteiger partial charge in [-0.2, -0.15) is 0 Å². The third-order valence-corrected chi connectivity index (χ3v) is 6.10. The van der Waals surface area contributed by atoms with Crippen molar-refractivity contribution >= 4 is 11.3 Å². The lowest BCUT2D eigenvalue weighted by Gasteiger charge is -2.42. The fourth-order valence-corrected chi connectivity index (χ4v) is 4.50. The zero-order chi connectivity index (χ0) is 15.7. The number of ether oxygens (including phenoxy) is 1. The van der Waals surface area contributed by atoms with Crippen LogP contribution in [0.5, 0.6) is 0 Å². The highest BCUT2D eigenvalue weighted by Crippen LogP contribution is 2.41. The molecule has 2 aliphatic rings. The summed E-state index contributed by atoms with van der Waals surface area (Å²) in [5.41, 5.74) is 1.30. The molecule has 2 aromatic heterocycles. The van der Waals surface area contributed by atoms with Crippen molar-refractivity contribution in [1.82, 2.24) is 20.1 Å². The van der Waals surface area contributed by atoms with Gasteiger partial charge < -0.3 is 9.30 Å². The van der Waals surface area contributed by atoms with Crippen molar-refractivity contribution in [2.24, 2.45) is 0 Å². The van der Waals surface area contributed by atoms with Crippen molar-refractivity contribution in [1.29, 1.82) is 0 Å². The molecule has 0 amide bonds. The van der Waals surface area contributed by atoms with E-state index in [1.807, 2.05) is 0 Å². The first kappa shape index (κ1) is 15.3. The molecule has 4 rings (SSSR count). The average molecular weight is 332 g/mol. The minimum absolute atomic E-state index is 0.0357. The van der Waals surface area contributed by atoms with Gasteiger partial charge in [-0.1, -0.05) is 0 Å². The van der Waals surface area contributed by atoms with Gasteiger partial charge in [-0.3, -0.25) is 5.32 Å². The first-order valence-electron chi connectivity index (χ1n) is 8.53. The normalized spacial score (nSPS) is 19.3. The van der Waals surface area contributed by atoms with Crippen molar-refractivity contribution in [3.63, 3.8) is 0 Å². The van der Waals surface area contributed by atoms with Crippen molar-refractivity contribution in [3.05, 3.63) is 33.5 Å². The molecule has 124 valence electrons. The van der Waals surface area contributed by atoms with Gasteiger partial charge in [0.25, 0.3) is 0 Å². The van der Waals surface area contributed by atoms with Gasteiger partial charge in [-0.25, -0.2) is 0 Å². The van der Waals surface area contributed by atoms with Crippen molar-refractivity contribution in [3.8, 4) is 0 Å². The molecule has 1 aliphatic heterocycles. The van der Waals surface area contributed by atoms with Gasteiger partial charge >= 0.3 is 0 Å². The number of nitrogens with one attached hydrogen (secondary N) is 1. The zero-order valence-corrected chi connectivity index (χ0v) is 14.5. The van der Waals surface area contributed by atoms with Crippen molar-refractivity contribution in [2.75, 3.05) is 7.11 Å². The molecule has 1 aliphatic carbocycles. The van der Waals surface area contributed by atoms with Crippen LogP contribution in [-0.4, -0.2) is 21.9 Å². The highest BCUT2D eigenvalue weighted by atomic mass is 32.1. The van der Waals surface area contributed by atoms with E-state index in [0.29, 0.717) is 6.61 Å². The van der Waals surface area contributed by atoms with Crippen molar-refractivity contribution < 1.29 is 4.74 Å². The molecule has 0 atom stereocenters. The Morgan fingerprint density at radius 1 is 1.30 bits per heavy atom. The second kappa shape index (κ2) is 6.34. The highest BCUT2D eigenvalue weighted by Gasteiger charge is 2.43. The van der Waals surface area contributed by atoms with Gasteiger partial charge in [0, 0.05) is 31.5 Å². The Hall–Kier alpha value is -1.24. The smallest absolute Gasteiger partial charge is 0.153 e. The maximum atomic E-state index is 5.20. The van der Waals surface area contributed by atoms with Crippen LogP contribution in [0, 0.1) is 0 Å². The van der Waals surface area contributed by atoms with Gasteiger partial charge in [-0.15, -0.1) is 21.5 Å². The van der Waals surface area contributed by atoms with E-state index in [-0.39, 0.29) is 5.54 Å². The second-order valence-corrected chi connectivity index (χ2v) is 7.69. The molecular formula is C17H24N4OS. The quantitative estimate of drug-likeness (QED) is 0.883. The summed E-state index contributed by atoms with van der Waals surface area (Å²) in [6.45, 7) is 2.67. The number of thiophene rings is 1. The Labute approximate surface area is 141 Å². The monoisotopic (exact) mass is 332 g/mol. The van der Waals surface area contributed by atoms with Crippen LogP contribution < -0.4 is 5.32 Å². The Balaban J connectivity index is 1.50. The number of rotatable bonds is 6. The van der Waals surface area contributed by atoms with Crippen molar-refractivity contribution in [2.45, 2.75) is 63.8 Å². The van der Waals surface area contributed by atoms with Crippen LogP contribution >= 0.6 is 11.3 Å². The summed E-state index contributed by atoms with van der Waals surface area (Å²) in [4.78, 5) is 1.36. The Bertz CT molecular complexity index is 674. The molecule has 0 radical (unpaired) electrons. The molecule has 2 aromatic rings. The van der Waals surface area contributed by atoms with Crippen LogP contribution in [0.1, 0.15) is 54.2 Å². The van der Waals surface area contributed by atoms with Gasteiger partial charge in [0.05, 0.1) is 12.1 Å². The molecule has 5 nitrogen and oxygen atoms in total. The summed E-state index contributed by atoms with van der Waals surface area (Å²) in [5, 5.41) is 15.0. The third-order valence-electron chi connectivity index (χ3n) is 5.11. The highest BCUT2D eigenvalue weighted by molar-refractivity contribution is 7.10. The van der Waals surface area contributed by atoms with E-state index < -0.39 is 0 Å². The lowest BCUT2D eigenvalue weighted by Crippen LogP contribution is -2.49. The maximum Gasteiger partial charge on any atom is 0.153 e. The SMILES string of the molecule is COCc1csc(CNC2(c3nnc4n3CCCC4)CCC2)c1. The van der Waals surface area contributed by atoms with Crippen LogP contribution in [0.25, 0.3) is 0 Å². The molecule has 3 heterocycles. The molecule has 0 bridgehead atoms. The maximum absolute atomic E-state index is 5.20. The fourth-order valence-electron chi connectivity index (χ4n) is 3.69. The predicted molar refractivity (Wildman–Crippen MR) is 90.4 cm³/mol. The molecular weight excluding hydrogens is 308 g/mol. The molecule has 0 unspecified atom stereocenters. The topological polar surface area (TPSA) is 52.0 Å². The molecule has 0 aromatic carbocycles. The second-order valence-electron chi connectivity index (χ2n) is 6.69. The van der Waals surface area contributed by atoms with Gasteiger partial charge in [0.15, 0.2) is 5.82 Å². The van der Waals surface area contributed by atoms with E-state index in [2.05, 4.69) is 31.5 Å². The van der Waals surface area contributed by atoms with Crippen LogP contribution in [0.15, 0.2) is 11.4 Å². The standard InChI is InChI=1S/C17H24N4OS/c1-22-11-13-9-14(23-12-13)10-18-17(6-4-7-17)16-20-19-15-5-2-3-8-21(15)16/h9,12,18H,2-8,10-11H2,1H3. The molecule has 0 spiro atoms. The minimum atomic E-state index is 0.0357. The summed E-state index contributed by atoms with van der Waals surface area (Å²) >= 11 is 1.81. The molecule has 6 heteroatoms. The number of aryl methyl sites for hydroxylation is 1. The van der Waals surface area contributed by atoms with E-state index in [4.69, 9.17) is 4.74 Å². The Morgan fingerprint density at radius 2 is 2.22 bits per heavy atom. The number of methoxy groups -OCH3 is 1. The predicted octanol–water partition coefficient (Wildman–Crippen LogP) is 2.99. The fraction of sp³-hybridized carbons (Fsp3) is 0.647. The summed E-state index contributed by atoms with van der Waals surface area (Å²) in [6.07, 6.45) is 7.18. The van der Waals surface area contributed by atoms with E-state index in [9.17, 15) is 0 Å². The lowest BCUT2D eigenvalue weighted by atomic mass is 9.75. The van der Waals surface area contributed by atoms with E-state index in [1.54, 1.807) is 18.4 Å². The average Bonchev–Trinajstić information content (AvgIpc) is 3.14. The van der Waals surface area contributed by atoms with Crippen LogP contribution in [0.3, 0.4) is 0 Å². The van der Waals surface area contributed by atoms with E-state index in [0.717, 1.165) is 19.5 Å². The first-order valence-corrected chi connectivity index (χ1v) is 9.41. The summed E-state index contributed by atoms with van der Waals surface area (Å²) < 4.78 is 7.58. The zero-order valence-electron chi connectivity index (χ0n) is 13.7. The van der Waals surface area contributed by atoms with E-state index >= 15 is 0 Å². The van der Waals surface area contributed by atoms with E-state index in [1.165, 1.54) is 54.2 Å². The number of hydrogen-bond acceptors (Lipinski definition) is 5. The summed E-state index contributed by atoms with van der Waals surface area (Å²) in [7, 11) is 1.74. The Kier molecular flexibility index (Phi) is 4.22. The minimum Gasteiger partial charge on any atom is -0.380 e.